The third-order valence-corrected chi connectivity index (χ3v) is 2.33. The summed E-state index contributed by atoms with van der Waals surface area (Å²) in [5, 5.41) is 1.26. The summed E-state index contributed by atoms with van der Waals surface area (Å²) in [5.74, 6) is 0.832. The van der Waals surface area contributed by atoms with Gasteiger partial charge in [0, 0.05) is 16.8 Å². The second-order valence-corrected chi connectivity index (χ2v) is 3.16. The molecule has 0 bridgehead atoms. The van der Waals surface area contributed by atoms with Crippen LogP contribution >= 0.6 is 0 Å². The molecule has 78 valence electrons. The number of benzene rings is 2. The minimum absolute atomic E-state index is 0.303. The van der Waals surface area contributed by atoms with E-state index >= 15 is 0 Å². The second-order valence-electron chi connectivity index (χ2n) is 3.16. The SMILES string of the molecule is COc1cc(F)c2cccc(OC)c2c1. The fourth-order valence-electron chi connectivity index (χ4n) is 1.58. The number of rotatable bonds is 2. The molecular weight excluding hydrogens is 195 g/mol. The highest BCUT2D eigenvalue weighted by atomic mass is 19.1. The van der Waals surface area contributed by atoms with Gasteiger partial charge in [0.05, 0.1) is 14.2 Å². The fraction of sp³-hybridized carbons (Fsp3) is 0.167. The quantitative estimate of drug-likeness (QED) is 0.752. The van der Waals surface area contributed by atoms with Crippen LogP contribution in [0.3, 0.4) is 0 Å². The molecule has 0 aromatic heterocycles. The molecule has 0 saturated heterocycles. The van der Waals surface area contributed by atoms with Gasteiger partial charge >= 0.3 is 0 Å². The number of ether oxygens (including phenoxy) is 2. The number of fused-ring (bicyclic) bond motifs is 1. The van der Waals surface area contributed by atoms with Gasteiger partial charge in [0.15, 0.2) is 0 Å². The van der Waals surface area contributed by atoms with Crippen molar-refractivity contribution < 1.29 is 13.9 Å². The van der Waals surface area contributed by atoms with Crippen LogP contribution in [0.4, 0.5) is 4.39 Å². The molecule has 0 spiro atoms. The number of halogens is 1. The predicted molar refractivity (Wildman–Crippen MR) is 57.0 cm³/mol. The molecule has 0 aliphatic carbocycles. The van der Waals surface area contributed by atoms with Crippen molar-refractivity contribution in [3.05, 3.63) is 36.1 Å². The average Bonchev–Trinajstić information content (AvgIpc) is 2.28. The Bertz CT molecular complexity index is 494. The van der Waals surface area contributed by atoms with E-state index in [-0.39, 0.29) is 5.82 Å². The third-order valence-electron chi connectivity index (χ3n) is 2.33. The first kappa shape index (κ1) is 9.77. The van der Waals surface area contributed by atoms with Crippen molar-refractivity contribution in [3.8, 4) is 11.5 Å². The Hall–Kier alpha value is -1.77. The Morgan fingerprint density at radius 1 is 1.00 bits per heavy atom. The first-order valence-electron chi connectivity index (χ1n) is 4.56. The summed E-state index contributed by atoms with van der Waals surface area (Å²) in [4.78, 5) is 0. The molecule has 0 aliphatic heterocycles. The van der Waals surface area contributed by atoms with Gasteiger partial charge in [-0.1, -0.05) is 12.1 Å². The van der Waals surface area contributed by atoms with Crippen molar-refractivity contribution in [1.29, 1.82) is 0 Å². The normalized spacial score (nSPS) is 10.3. The predicted octanol–water partition coefficient (Wildman–Crippen LogP) is 3.00. The van der Waals surface area contributed by atoms with Gasteiger partial charge in [-0.05, 0) is 12.1 Å². The Morgan fingerprint density at radius 3 is 2.47 bits per heavy atom. The molecule has 0 heterocycles. The maximum Gasteiger partial charge on any atom is 0.134 e. The zero-order valence-corrected chi connectivity index (χ0v) is 8.58. The zero-order valence-electron chi connectivity index (χ0n) is 8.58. The van der Waals surface area contributed by atoms with E-state index in [2.05, 4.69) is 0 Å². The summed E-state index contributed by atoms with van der Waals surface area (Å²) in [7, 11) is 3.07. The molecule has 0 fully saturated rings. The summed E-state index contributed by atoms with van der Waals surface area (Å²) in [6.07, 6.45) is 0. The molecule has 2 nitrogen and oxygen atoms in total. The van der Waals surface area contributed by atoms with Gasteiger partial charge in [-0.3, -0.25) is 0 Å². The van der Waals surface area contributed by atoms with Gasteiger partial charge in [0.25, 0.3) is 0 Å². The Balaban J connectivity index is 2.79. The van der Waals surface area contributed by atoms with E-state index in [1.165, 1.54) is 13.2 Å². The van der Waals surface area contributed by atoms with Crippen LogP contribution in [0.15, 0.2) is 30.3 Å². The van der Waals surface area contributed by atoms with Crippen LogP contribution in [0.2, 0.25) is 0 Å². The molecular formula is C12H11FO2. The number of hydrogen-bond donors (Lipinski definition) is 0. The van der Waals surface area contributed by atoms with Crippen LogP contribution in [0.25, 0.3) is 10.8 Å². The molecule has 0 unspecified atom stereocenters. The summed E-state index contributed by atoms with van der Waals surface area (Å²) >= 11 is 0. The molecule has 0 saturated carbocycles. The van der Waals surface area contributed by atoms with Crippen LogP contribution in [-0.4, -0.2) is 14.2 Å². The topological polar surface area (TPSA) is 18.5 Å². The lowest BCUT2D eigenvalue weighted by atomic mass is 10.1. The van der Waals surface area contributed by atoms with E-state index in [1.54, 1.807) is 31.4 Å². The Kier molecular flexibility index (Phi) is 2.46. The molecule has 0 amide bonds. The van der Waals surface area contributed by atoms with Gasteiger partial charge in [0.1, 0.15) is 17.3 Å². The van der Waals surface area contributed by atoms with Gasteiger partial charge in [-0.25, -0.2) is 4.39 Å². The van der Waals surface area contributed by atoms with Crippen molar-refractivity contribution in [2.24, 2.45) is 0 Å². The maximum atomic E-state index is 13.6. The number of methoxy groups -OCH3 is 2. The van der Waals surface area contributed by atoms with Crippen LogP contribution in [-0.2, 0) is 0 Å². The van der Waals surface area contributed by atoms with Gasteiger partial charge in [-0.15, -0.1) is 0 Å². The number of hydrogen-bond acceptors (Lipinski definition) is 2. The molecule has 3 heteroatoms. The van der Waals surface area contributed by atoms with E-state index in [1.807, 2.05) is 0 Å². The molecule has 0 atom stereocenters. The van der Waals surface area contributed by atoms with Crippen molar-refractivity contribution in [3.63, 3.8) is 0 Å². The van der Waals surface area contributed by atoms with Crippen LogP contribution < -0.4 is 9.47 Å². The van der Waals surface area contributed by atoms with E-state index in [0.717, 1.165) is 5.39 Å². The van der Waals surface area contributed by atoms with Gasteiger partial charge in [-0.2, -0.15) is 0 Å². The second kappa shape index (κ2) is 3.77. The van der Waals surface area contributed by atoms with E-state index < -0.39 is 0 Å². The summed E-state index contributed by atoms with van der Waals surface area (Å²) in [6.45, 7) is 0. The minimum atomic E-state index is -0.303. The molecule has 15 heavy (non-hydrogen) atoms. The largest absolute Gasteiger partial charge is 0.497 e. The molecule has 0 N–H and O–H groups in total. The summed E-state index contributed by atoms with van der Waals surface area (Å²) in [5.41, 5.74) is 0. The van der Waals surface area contributed by atoms with Crippen LogP contribution in [0.1, 0.15) is 0 Å². The molecule has 2 rings (SSSR count). The molecule has 0 radical (unpaired) electrons. The van der Waals surface area contributed by atoms with E-state index in [4.69, 9.17) is 9.47 Å². The van der Waals surface area contributed by atoms with Crippen molar-refractivity contribution in [2.45, 2.75) is 0 Å². The lowest BCUT2D eigenvalue weighted by Gasteiger charge is -2.08. The first-order valence-corrected chi connectivity index (χ1v) is 4.56. The van der Waals surface area contributed by atoms with Crippen molar-refractivity contribution >= 4 is 10.8 Å². The lowest BCUT2D eigenvalue weighted by molar-refractivity contribution is 0.409. The summed E-state index contributed by atoms with van der Waals surface area (Å²) in [6, 6.07) is 8.39. The Labute approximate surface area is 87.2 Å². The average molecular weight is 206 g/mol. The Morgan fingerprint density at radius 2 is 1.80 bits per heavy atom. The van der Waals surface area contributed by atoms with Gasteiger partial charge < -0.3 is 9.47 Å². The van der Waals surface area contributed by atoms with Gasteiger partial charge in [0.2, 0.25) is 0 Å². The maximum absolute atomic E-state index is 13.6. The van der Waals surface area contributed by atoms with E-state index in [9.17, 15) is 4.39 Å². The minimum Gasteiger partial charge on any atom is -0.497 e. The summed E-state index contributed by atoms with van der Waals surface area (Å²) < 4.78 is 23.8. The smallest absolute Gasteiger partial charge is 0.134 e. The standard InChI is InChI=1S/C12H11FO2/c1-14-8-6-10-9(11(13)7-8)4-3-5-12(10)15-2/h3-7H,1-2H3. The highest BCUT2D eigenvalue weighted by Crippen LogP contribution is 2.30. The lowest BCUT2D eigenvalue weighted by Crippen LogP contribution is -1.89. The first-order chi connectivity index (χ1) is 7.26. The molecule has 0 aliphatic rings. The van der Waals surface area contributed by atoms with Crippen LogP contribution in [0.5, 0.6) is 11.5 Å². The van der Waals surface area contributed by atoms with E-state index in [0.29, 0.717) is 16.9 Å². The van der Waals surface area contributed by atoms with Crippen molar-refractivity contribution in [2.75, 3.05) is 14.2 Å². The highest BCUT2D eigenvalue weighted by Gasteiger charge is 2.07. The third kappa shape index (κ3) is 1.61. The molecule has 2 aromatic carbocycles. The van der Waals surface area contributed by atoms with Crippen LogP contribution in [0, 0.1) is 5.82 Å². The monoisotopic (exact) mass is 206 g/mol. The fourth-order valence-corrected chi connectivity index (χ4v) is 1.58. The zero-order chi connectivity index (χ0) is 10.8. The highest BCUT2D eigenvalue weighted by molar-refractivity contribution is 5.90. The molecule has 2 aromatic rings. The van der Waals surface area contributed by atoms with Crippen molar-refractivity contribution in [1.82, 2.24) is 0 Å².